The number of nitrogens with zero attached hydrogens (tertiary/aromatic N) is 4. The maximum absolute atomic E-state index is 13.4. The van der Waals surface area contributed by atoms with Crippen LogP contribution in [-0.2, 0) is 23.2 Å². The minimum Gasteiger partial charge on any atom is -0.343 e. The molecule has 3 fully saturated rings. The van der Waals surface area contributed by atoms with E-state index in [1.807, 2.05) is 38.2 Å². The minimum absolute atomic E-state index is 0.00338. The fourth-order valence-electron chi connectivity index (χ4n) is 4.55. The maximum Gasteiger partial charge on any atom is 0.315 e. The summed E-state index contributed by atoms with van der Waals surface area (Å²) in [6, 6.07) is -0.845. The van der Waals surface area contributed by atoms with Crippen LogP contribution < -0.4 is 16.0 Å². The molecule has 2 saturated heterocycles. The summed E-state index contributed by atoms with van der Waals surface area (Å²) in [5.74, 6) is -0.0316. The van der Waals surface area contributed by atoms with E-state index >= 15 is 0 Å². The van der Waals surface area contributed by atoms with Crippen LogP contribution >= 0.6 is 0 Å². The lowest BCUT2D eigenvalue weighted by molar-refractivity contribution is -0.136. The third kappa shape index (κ3) is 5.36. The van der Waals surface area contributed by atoms with Crippen LogP contribution in [0.2, 0.25) is 0 Å². The number of rotatable bonds is 6. The first-order chi connectivity index (χ1) is 14.8. The second kappa shape index (κ2) is 8.86. The molecule has 0 bridgehead atoms. The van der Waals surface area contributed by atoms with E-state index in [1.54, 1.807) is 4.68 Å². The third-order valence-corrected chi connectivity index (χ3v) is 6.09. The second-order valence-electron chi connectivity index (χ2n) is 9.40. The van der Waals surface area contributed by atoms with E-state index in [0.717, 1.165) is 18.4 Å². The molecule has 1 aliphatic carbocycles. The summed E-state index contributed by atoms with van der Waals surface area (Å²) < 4.78 is 1.76. The molecule has 4 amide bonds. The summed E-state index contributed by atoms with van der Waals surface area (Å²) in [6.07, 6.45) is 6.30. The number of hydrogen-bond donors (Lipinski definition) is 3. The molecule has 31 heavy (non-hydrogen) atoms. The smallest absolute Gasteiger partial charge is 0.315 e. The predicted molar refractivity (Wildman–Crippen MR) is 114 cm³/mol. The van der Waals surface area contributed by atoms with Crippen LogP contribution in [0, 0.1) is 5.92 Å². The number of aromatic nitrogens is 2. The average molecular weight is 432 g/mol. The summed E-state index contributed by atoms with van der Waals surface area (Å²) >= 11 is 0. The number of urea groups is 1. The molecule has 3 N–H and O–H groups in total. The summed E-state index contributed by atoms with van der Waals surface area (Å²) in [4.78, 5) is 42.0. The Bertz CT molecular complexity index is 835. The van der Waals surface area contributed by atoms with Gasteiger partial charge in [0.2, 0.25) is 11.8 Å². The average Bonchev–Trinajstić information content (AvgIpc) is 3.37. The third-order valence-electron chi connectivity index (χ3n) is 6.09. The van der Waals surface area contributed by atoms with Gasteiger partial charge in [-0.2, -0.15) is 5.10 Å². The highest BCUT2D eigenvalue weighted by atomic mass is 16.2. The fraction of sp³-hybridized carbons (Fsp3) is 0.714. The Kier molecular flexibility index (Phi) is 6.17. The zero-order chi connectivity index (χ0) is 22.1. The first kappa shape index (κ1) is 21.6. The zero-order valence-corrected chi connectivity index (χ0v) is 18.5. The standard InChI is InChI=1S/C21H33N7O3/c1-13(2)23-21(31)24-16-6-17-11-27(9-14-7-22-26(3)8-14)12-18(20(30)28(17)10-16)25-19(29)15-4-5-15/h7-8,13,15-18H,4-6,9-12H2,1-3H3,(H,25,29)(H2,23,24,31)/t16-,17-,18-/m0/s1. The Morgan fingerprint density at radius 2 is 1.97 bits per heavy atom. The molecule has 10 nitrogen and oxygen atoms in total. The Labute approximate surface area is 182 Å². The van der Waals surface area contributed by atoms with E-state index in [9.17, 15) is 14.4 Å². The molecule has 0 unspecified atom stereocenters. The molecule has 170 valence electrons. The van der Waals surface area contributed by atoms with E-state index in [2.05, 4.69) is 25.9 Å². The lowest BCUT2D eigenvalue weighted by Gasteiger charge is -2.25. The van der Waals surface area contributed by atoms with E-state index in [1.165, 1.54) is 0 Å². The van der Waals surface area contributed by atoms with Crippen LogP contribution in [0.5, 0.6) is 0 Å². The topological polar surface area (TPSA) is 112 Å². The second-order valence-corrected chi connectivity index (χ2v) is 9.40. The lowest BCUT2D eigenvalue weighted by Crippen LogP contribution is -2.52. The molecule has 3 atom stereocenters. The molecule has 3 aliphatic rings. The molecule has 0 spiro atoms. The van der Waals surface area contributed by atoms with Crippen molar-refractivity contribution in [3.8, 4) is 0 Å². The van der Waals surface area contributed by atoms with Crippen molar-refractivity contribution in [1.82, 2.24) is 35.5 Å². The number of carbonyl (C=O) groups excluding carboxylic acids is 3. The molecule has 2 aliphatic heterocycles. The monoisotopic (exact) mass is 431 g/mol. The van der Waals surface area contributed by atoms with Crippen molar-refractivity contribution in [3.63, 3.8) is 0 Å². The molecular formula is C21H33N7O3. The quantitative estimate of drug-likeness (QED) is 0.578. The fourth-order valence-corrected chi connectivity index (χ4v) is 4.55. The van der Waals surface area contributed by atoms with Crippen LogP contribution in [0.4, 0.5) is 4.79 Å². The van der Waals surface area contributed by atoms with E-state index in [-0.39, 0.29) is 41.9 Å². The Balaban J connectivity index is 1.47. The molecule has 1 saturated carbocycles. The van der Waals surface area contributed by atoms with Crippen molar-refractivity contribution in [2.75, 3.05) is 19.6 Å². The molecular weight excluding hydrogens is 398 g/mol. The van der Waals surface area contributed by atoms with Gasteiger partial charge in [-0.15, -0.1) is 0 Å². The molecule has 1 aromatic rings. The Morgan fingerprint density at radius 1 is 1.19 bits per heavy atom. The van der Waals surface area contributed by atoms with Crippen LogP contribution in [-0.4, -0.2) is 81.2 Å². The van der Waals surface area contributed by atoms with Crippen LogP contribution in [0.15, 0.2) is 12.4 Å². The highest BCUT2D eigenvalue weighted by molar-refractivity contribution is 5.90. The van der Waals surface area contributed by atoms with Crippen molar-refractivity contribution in [1.29, 1.82) is 0 Å². The molecule has 0 aromatic carbocycles. The number of nitrogens with one attached hydrogen (secondary N) is 3. The summed E-state index contributed by atoms with van der Waals surface area (Å²) in [6.45, 7) is 6.12. The number of aryl methyl sites for hydroxylation is 1. The predicted octanol–water partition coefficient (Wildman–Crippen LogP) is -0.192. The first-order valence-electron chi connectivity index (χ1n) is 11.2. The van der Waals surface area contributed by atoms with Gasteiger partial charge >= 0.3 is 6.03 Å². The highest BCUT2D eigenvalue weighted by Gasteiger charge is 2.44. The summed E-state index contributed by atoms with van der Waals surface area (Å²) in [5, 5.41) is 13.1. The summed E-state index contributed by atoms with van der Waals surface area (Å²) in [7, 11) is 1.88. The number of fused-ring (bicyclic) bond motifs is 1. The number of hydrogen-bond acceptors (Lipinski definition) is 5. The van der Waals surface area contributed by atoms with Crippen LogP contribution in [0.3, 0.4) is 0 Å². The van der Waals surface area contributed by atoms with Gasteiger partial charge in [-0.1, -0.05) is 0 Å². The highest BCUT2D eigenvalue weighted by Crippen LogP contribution is 2.30. The van der Waals surface area contributed by atoms with Crippen molar-refractivity contribution in [2.24, 2.45) is 13.0 Å². The normalized spacial score (nSPS) is 26.5. The zero-order valence-electron chi connectivity index (χ0n) is 18.5. The van der Waals surface area contributed by atoms with Gasteiger partial charge in [0.05, 0.1) is 12.2 Å². The van der Waals surface area contributed by atoms with Gasteiger partial charge in [0.15, 0.2) is 0 Å². The van der Waals surface area contributed by atoms with Gasteiger partial charge in [0, 0.05) is 63.0 Å². The Morgan fingerprint density at radius 3 is 2.61 bits per heavy atom. The van der Waals surface area contributed by atoms with Crippen molar-refractivity contribution in [2.45, 2.75) is 63.8 Å². The maximum atomic E-state index is 13.4. The molecule has 10 heteroatoms. The number of amides is 4. The lowest BCUT2D eigenvalue weighted by atomic mass is 10.1. The van der Waals surface area contributed by atoms with Gasteiger partial charge in [-0.25, -0.2) is 4.79 Å². The van der Waals surface area contributed by atoms with Gasteiger partial charge in [0.1, 0.15) is 6.04 Å². The SMILES string of the molecule is CC(C)NC(=O)N[C@H]1C[C@H]2CN(Cc3cnn(C)c3)C[C@H](NC(=O)C3CC3)C(=O)N2C1. The molecule has 0 radical (unpaired) electrons. The first-order valence-corrected chi connectivity index (χ1v) is 11.2. The largest absolute Gasteiger partial charge is 0.343 e. The molecule has 3 heterocycles. The van der Waals surface area contributed by atoms with Crippen molar-refractivity contribution < 1.29 is 14.4 Å². The molecule has 1 aromatic heterocycles. The van der Waals surface area contributed by atoms with Crippen LogP contribution in [0.25, 0.3) is 0 Å². The van der Waals surface area contributed by atoms with Gasteiger partial charge in [0.25, 0.3) is 0 Å². The minimum atomic E-state index is -0.571. The summed E-state index contributed by atoms with van der Waals surface area (Å²) in [5.41, 5.74) is 1.07. The van der Waals surface area contributed by atoms with Gasteiger partial charge < -0.3 is 20.9 Å². The number of carbonyl (C=O) groups is 3. The van der Waals surface area contributed by atoms with E-state index in [0.29, 0.717) is 32.6 Å². The van der Waals surface area contributed by atoms with E-state index in [4.69, 9.17) is 0 Å². The van der Waals surface area contributed by atoms with Crippen molar-refractivity contribution in [3.05, 3.63) is 18.0 Å². The van der Waals surface area contributed by atoms with Gasteiger partial charge in [-0.3, -0.25) is 19.2 Å². The van der Waals surface area contributed by atoms with Crippen molar-refractivity contribution >= 4 is 17.8 Å². The van der Waals surface area contributed by atoms with E-state index < -0.39 is 6.04 Å². The Hall–Kier alpha value is -2.62. The van der Waals surface area contributed by atoms with Gasteiger partial charge in [-0.05, 0) is 33.1 Å². The van der Waals surface area contributed by atoms with Crippen LogP contribution in [0.1, 0.15) is 38.7 Å². The molecule has 4 rings (SSSR count).